The minimum absolute atomic E-state index is 0.421. The summed E-state index contributed by atoms with van der Waals surface area (Å²) in [6, 6.07) is 0. The minimum Gasteiger partial charge on any atom is -0.383 e. The number of nitrogens with two attached hydrogens (primary N) is 1. The SMILES string of the molecule is COCCn1cc(NC(N)=NCC(C)C)cn1. The van der Waals surface area contributed by atoms with Crippen molar-refractivity contribution in [2.24, 2.45) is 16.6 Å². The van der Waals surface area contributed by atoms with E-state index >= 15 is 0 Å². The second-order valence-electron chi connectivity index (χ2n) is 4.23. The maximum atomic E-state index is 5.74. The highest BCUT2D eigenvalue weighted by molar-refractivity contribution is 5.91. The molecule has 0 aromatic carbocycles. The van der Waals surface area contributed by atoms with Gasteiger partial charge in [-0.25, -0.2) is 0 Å². The number of guanidine groups is 1. The summed E-state index contributed by atoms with van der Waals surface area (Å²) in [5, 5.41) is 7.16. The fourth-order valence-electron chi connectivity index (χ4n) is 1.20. The molecule has 0 aliphatic carbocycles. The summed E-state index contributed by atoms with van der Waals surface area (Å²) in [7, 11) is 1.67. The summed E-state index contributed by atoms with van der Waals surface area (Å²) in [4.78, 5) is 4.21. The largest absolute Gasteiger partial charge is 0.383 e. The number of aliphatic imine (C=N–C) groups is 1. The standard InChI is InChI=1S/C11H21N5O/c1-9(2)6-13-11(12)15-10-7-14-16(8-10)4-5-17-3/h7-9H,4-6H2,1-3H3,(H3,12,13,15). The van der Waals surface area contributed by atoms with Gasteiger partial charge < -0.3 is 15.8 Å². The Balaban J connectivity index is 2.45. The van der Waals surface area contributed by atoms with Crippen molar-refractivity contribution in [3.8, 4) is 0 Å². The fraction of sp³-hybridized carbons (Fsp3) is 0.636. The molecule has 0 radical (unpaired) electrons. The molecule has 0 spiro atoms. The van der Waals surface area contributed by atoms with Gasteiger partial charge in [0.2, 0.25) is 0 Å². The first-order valence-corrected chi connectivity index (χ1v) is 5.70. The zero-order chi connectivity index (χ0) is 12.7. The van der Waals surface area contributed by atoms with Gasteiger partial charge in [0, 0.05) is 19.9 Å². The summed E-state index contributed by atoms with van der Waals surface area (Å²) >= 11 is 0. The summed E-state index contributed by atoms with van der Waals surface area (Å²) in [6.07, 6.45) is 3.59. The van der Waals surface area contributed by atoms with Gasteiger partial charge >= 0.3 is 0 Å². The van der Waals surface area contributed by atoms with Crippen molar-refractivity contribution in [1.29, 1.82) is 0 Å². The normalized spacial score (nSPS) is 12.1. The Morgan fingerprint density at radius 3 is 3.06 bits per heavy atom. The molecule has 96 valence electrons. The van der Waals surface area contributed by atoms with Crippen LogP contribution in [0.3, 0.4) is 0 Å². The molecule has 0 fully saturated rings. The smallest absolute Gasteiger partial charge is 0.193 e. The number of hydrogen-bond acceptors (Lipinski definition) is 3. The first kappa shape index (κ1) is 13.5. The number of ether oxygens (including phenoxy) is 1. The third-order valence-electron chi connectivity index (χ3n) is 2.06. The predicted molar refractivity (Wildman–Crippen MR) is 69.1 cm³/mol. The highest BCUT2D eigenvalue weighted by atomic mass is 16.5. The zero-order valence-electron chi connectivity index (χ0n) is 10.7. The van der Waals surface area contributed by atoms with E-state index in [2.05, 4.69) is 29.3 Å². The predicted octanol–water partition coefficient (Wildman–Crippen LogP) is 0.912. The van der Waals surface area contributed by atoms with Gasteiger partial charge in [-0.15, -0.1) is 0 Å². The van der Waals surface area contributed by atoms with Crippen LogP contribution in [0.1, 0.15) is 13.8 Å². The minimum atomic E-state index is 0.421. The summed E-state index contributed by atoms with van der Waals surface area (Å²) in [5.74, 6) is 0.921. The molecule has 1 aromatic heterocycles. The van der Waals surface area contributed by atoms with Gasteiger partial charge in [0.1, 0.15) is 0 Å². The first-order valence-electron chi connectivity index (χ1n) is 5.70. The van der Waals surface area contributed by atoms with Crippen molar-refractivity contribution in [1.82, 2.24) is 9.78 Å². The third kappa shape index (κ3) is 5.35. The van der Waals surface area contributed by atoms with Gasteiger partial charge in [-0.1, -0.05) is 13.8 Å². The Bertz CT molecular complexity index is 358. The Morgan fingerprint density at radius 1 is 1.65 bits per heavy atom. The number of hydrogen-bond donors (Lipinski definition) is 2. The number of rotatable bonds is 6. The number of anilines is 1. The molecule has 6 heteroatoms. The van der Waals surface area contributed by atoms with Crippen LogP contribution in [0.5, 0.6) is 0 Å². The maximum Gasteiger partial charge on any atom is 0.193 e. The van der Waals surface area contributed by atoms with E-state index in [9.17, 15) is 0 Å². The van der Waals surface area contributed by atoms with Crippen LogP contribution in [0, 0.1) is 5.92 Å². The third-order valence-corrected chi connectivity index (χ3v) is 2.06. The second kappa shape index (κ2) is 6.90. The molecule has 0 saturated heterocycles. The second-order valence-corrected chi connectivity index (χ2v) is 4.23. The average Bonchev–Trinajstić information content (AvgIpc) is 2.71. The summed E-state index contributed by atoms with van der Waals surface area (Å²) in [6.45, 7) is 6.27. The summed E-state index contributed by atoms with van der Waals surface area (Å²) < 4.78 is 6.76. The molecule has 1 heterocycles. The number of nitrogens with one attached hydrogen (secondary N) is 1. The van der Waals surface area contributed by atoms with Gasteiger partial charge in [-0.05, 0) is 5.92 Å². The van der Waals surface area contributed by atoms with Crippen molar-refractivity contribution < 1.29 is 4.74 Å². The lowest BCUT2D eigenvalue weighted by Crippen LogP contribution is -2.23. The lowest BCUT2D eigenvalue weighted by molar-refractivity contribution is 0.183. The van der Waals surface area contributed by atoms with Crippen LogP contribution < -0.4 is 11.1 Å². The maximum absolute atomic E-state index is 5.74. The molecule has 0 aliphatic heterocycles. The molecular formula is C11H21N5O. The van der Waals surface area contributed by atoms with Crippen molar-refractivity contribution >= 4 is 11.6 Å². The van der Waals surface area contributed by atoms with Crippen LogP contribution in [0.25, 0.3) is 0 Å². The van der Waals surface area contributed by atoms with Gasteiger partial charge in [0.15, 0.2) is 5.96 Å². The Morgan fingerprint density at radius 2 is 2.41 bits per heavy atom. The average molecular weight is 239 g/mol. The molecule has 0 amide bonds. The van der Waals surface area contributed by atoms with Gasteiger partial charge in [-0.3, -0.25) is 9.67 Å². The lowest BCUT2D eigenvalue weighted by Gasteiger charge is -2.04. The number of nitrogens with zero attached hydrogens (tertiary/aromatic N) is 3. The van der Waals surface area contributed by atoms with Crippen LogP contribution in [0.2, 0.25) is 0 Å². The van der Waals surface area contributed by atoms with Crippen LogP contribution in [-0.4, -0.2) is 36.0 Å². The lowest BCUT2D eigenvalue weighted by atomic mass is 10.2. The van der Waals surface area contributed by atoms with E-state index in [0.717, 1.165) is 18.8 Å². The van der Waals surface area contributed by atoms with Crippen LogP contribution in [0.15, 0.2) is 17.4 Å². The fourth-order valence-corrected chi connectivity index (χ4v) is 1.20. The van der Waals surface area contributed by atoms with E-state index in [1.807, 2.05) is 6.20 Å². The number of aromatic nitrogens is 2. The molecule has 0 bridgehead atoms. The molecule has 17 heavy (non-hydrogen) atoms. The van der Waals surface area contributed by atoms with E-state index in [4.69, 9.17) is 10.5 Å². The molecule has 3 N–H and O–H groups in total. The van der Waals surface area contributed by atoms with Crippen LogP contribution in [-0.2, 0) is 11.3 Å². The number of methoxy groups -OCH3 is 1. The van der Waals surface area contributed by atoms with Crippen molar-refractivity contribution in [2.45, 2.75) is 20.4 Å². The first-order chi connectivity index (χ1) is 8.11. The van der Waals surface area contributed by atoms with E-state index in [1.165, 1.54) is 0 Å². The molecular weight excluding hydrogens is 218 g/mol. The topological polar surface area (TPSA) is 77.5 Å². The van der Waals surface area contributed by atoms with E-state index in [0.29, 0.717) is 18.5 Å². The molecule has 1 rings (SSSR count). The van der Waals surface area contributed by atoms with Crippen LogP contribution in [0.4, 0.5) is 5.69 Å². The molecule has 1 aromatic rings. The van der Waals surface area contributed by atoms with Crippen molar-refractivity contribution in [2.75, 3.05) is 25.6 Å². The van der Waals surface area contributed by atoms with Gasteiger partial charge in [0.05, 0.1) is 25.0 Å². The van der Waals surface area contributed by atoms with Crippen LogP contribution >= 0.6 is 0 Å². The van der Waals surface area contributed by atoms with E-state index in [-0.39, 0.29) is 0 Å². The van der Waals surface area contributed by atoms with E-state index < -0.39 is 0 Å². The molecule has 6 nitrogen and oxygen atoms in total. The van der Waals surface area contributed by atoms with Crippen molar-refractivity contribution in [3.63, 3.8) is 0 Å². The molecule has 0 aliphatic rings. The van der Waals surface area contributed by atoms with E-state index in [1.54, 1.807) is 18.0 Å². The Labute approximate surface area is 102 Å². The van der Waals surface area contributed by atoms with Gasteiger partial charge in [0.25, 0.3) is 0 Å². The summed E-state index contributed by atoms with van der Waals surface area (Å²) in [5.41, 5.74) is 6.58. The highest BCUT2D eigenvalue weighted by Gasteiger charge is 2.00. The Hall–Kier alpha value is -1.56. The molecule has 0 unspecified atom stereocenters. The monoisotopic (exact) mass is 239 g/mol. The van der Waals surface area contributed by atoms with Crippen molar-refractivity contribution in [3.05, 3.63) is 12.4 Å². The molecule has 0 saturated carbocycles. The highest BCUT2D eigenvalue weighted by Crippen LogP contribution is 2.04. The molecule has 0 atom stereocenters. The zero-order valence-corrected chi connectivity index (χ0v) is 10.7. The van der Waals surface area contributed by atoms with Gasteiger partial charge in [-0.2, -0.15) is 5.10 Å². The Kier molecular flexibility index (Phi) is 5.48. The quantitative estimate of drug-likeness (QED) is 0.571.